The zero-order valence-corrected chi connectivity index (χ0v) is 15.5. The second-order valence-electron chi connectivity index (χ2n) is 6.88. The van der Waals surface area contributed by atoms with Crippen LogP contribution in [0.2, 0.25) is 0 Å². The standard InChI is InChI=1S/C19H30FN3O2/c1-15(17-4-6-18(20)7-5-17)21-19(24)22(2)14-16-8-10-23(11-9-16)12-13-25-3/h4-7,15-16H,8-14H2,1-3H3,(H,21,24)/t15-/m1/s1. The number of carbonyl (C=O) groups excluding carboxylic acids is 1. The number of hydrogen-bond acceptors (Lipinski definition) is 3. The number of piperidine rings is 1. The zero-order valence-electron chi connectivity index (χ0n) is 15.5. The highest BCUT2D eigenvalue weighted by atomic mass is 19.1. The molecule has 1 aromatic rings. The number of ether oxygens (including phenoxy) is 1. The fourth-order valence-electron chi connectivity index (χ4n) is 3.21. The molecule has 2 rings (SSSR count). The van der Waals surface area contributed by atoms with Crippen molar-refractivity contribution < 1.29 is 13.9 Å². The minimum atomic E-state index is -0.267. The summed E-state index contributed by atoms with van der Waals surface area (Å²) in [5.74, 6) is 0.270. The molecular weight excluding hydrogens is 321 g/mol. The molecule has 0 radical (unpaired) electrons. The predicted molar refractivity (Wildman–Crippen MR) is 97.0 cm³/mol. The molecule has 2 amide bonds. The van der Waals surface area contributed by atoms with E-state index in [2.05, 4.69) is 10.2 Å². The van der Waals surface area contributed by atoms with Crippen molar-refractivity contribution in [2.45, 2.75) is 25.8 Å². The maximum absolute atomic E-state index is 13.0. The lowest BCUT2D eigenvalue weighted by molar-refractivity contribution is 0.112. The summed E-state index contributed by atoms with van der Waals surface area (Å²) in [6, 6.07) is 6.01. The molecule has 6 heteroatoms. The summed E-state index contributed by atoms with van der Waals surface area (Å²) in [5.41, 5.74) is 0.898. The maximum Gasteiger partial charge on any atom is 0.317 e. The molecule has 0 unspecified atom stereocenters. The quantitative estimate of drug-likeness (QED) is 0.822. The number of urea groups is 1. The van der Waals surface area contributed by atoms with Crippen LogP contribution < -0.4 is 5.32 Å². The smallest absolute Gasteiger partial charge is 0.317 e. The van der Waals surface area contributed by atoms with Gasteiger partial charge in [0.05, 0.1) is 12.6 Å². The van der Waals surface area contributed by atoms with Crippen molar-refractivity contribution in [3.05, 3.63) is 35.6 Å². The lowest BCUT2D eigenvalue weighted by Gasteiger charge is -2.34. The van der Waals surface area contributed by atoms with Crippen molar-refractivity contribution in [3.63, 3.8) is 0 Å². The Kier molecular flexibility index (Phi) is 7.65. The Hall–Kier alpha value is -1.66. The van der Waals surface area contributed by atoms with Crippen molar-refractivity contribution >= 4 is 6.03 Å². The first-order chi connectivity index (χ1) is 12.0. The van der Waals surface area contributed by atoms with Gasteiger partial charge in [0.1, 0.15) is 5.82 Å². The van der Waals surface area contributed by atoms with E-state index in [1.54, 1.807) is 24.1 Å². The van der Waals surface area contributed by atoms with Gasteiger partial charge in [-0.2, -0.15) is 0 Å². The van der Waals surface area contributed by atoms with Crippen LogP contribution in [0.15, 0.2) is 24.3 Å². The minimum absolute atomic E-state index is 0.0846. The Morgan fingerprint density at radius 3 is 2.60 bits per heavy atom. The number of nitrogens with zero attached hydrogens (tertiary/aromatic N) is 2. The Bertz CT molecular complexity index is 530. The van der Waals surface area contributed by atoms with Crippen LogP contribution in [0.4, 0.5) is 9.18 Å². The van der Waals surface area contributed by atoms with Gasteiger partial charge in [0.25, 0.3) is 0 Å². The summed E-state index contributed by atoms with van der Waals surface area (Å²) in [5, 5.41) is 2.98. The third-order valence-corrected chi connectivity index (χ3v) is 4.91. The molecule has 0 bridgehead atoms. The van der Waals surface area contributed by atoms with E-state index in [-0.39, 0.29) is 17.9 Å². The number of amides is 2. The van der Waals surface area contributed by atoms with Crippen LogP contribution in [-0.4, -0.2) is 62.8 Å². The summed E-state index contributed by atoms with van der Waals surface area (Å²) >= 11 is 0. The van der Waals surface area contributed by atoms with Crippen LogP contribution in [0.5, 0.6) is 0 Å². The molecule has 140 valence electrons. The van der Waals surface area contributed by atoms with Gasteiger partial charge in [-0.05, 0) is 56.5 Å². The molecule has 25 heavy (non-hydrogen) atoms. The van der Waals surface area contributed by atoms with Gasteiger partial charge in [-0.25, -0.2) is 9.18 Å². The van der Waals surface area contributed by atoms with Gasteiger partial charge in [0.2, 0.25) is 0 Å². The number of rotatable bonds is 7. The number of hydrogen-bond donors (Lipinski definition) is 1. The molecule has 0 aromatic heterocycles. The SMILES string of the molecule is COCCN1CCC(CN(C)C(=O)N[C@H](C)c2ccc(F)cc2)CC1. The Morgan fingerprint density at radius 1 is 1.36 bits per heavy atom. The second kappa shape index (κ2) is 9.73. The molecule has 0 saturated carbocycles. The fourth-order valence-corrected chi connectivity index (χ4v) is 3.21. The van der Waals surface area contributed by atoms with E-state index in [1.165, 1.54) is 12.1 Å². The van der Waals surface area contributed by atoms with E-state index >= 15 is 0 Å². The Balaban J connectivity index is 1.74. The lowest BCUT2D eigenvalue weighted by Crippen LogP contribution is -2.44. The molecule has 5 nitrogen and oxygen atoms in total. The average molecular weight is 351 g/mol. The van der Waals surface area contributed by atoms with Crippen LogP contribution in [0.25, 0.3) is 0 Å². The van der Waals surface area contributed by atoms with Crippen molar-refractivity contribution in [3.8, 4) is 0 Å². The van der Waals surface area contributed by atoms with Gasteiger partial charge in [0.15, 0.2) is 0 Å². The highest BCUT2D eigenvalue weighted by Gasteiger charge is 2.22. The number of benzene rings is 1. The first-order valence-electron chi connectivity index (χ1n) is 8.98. The molecule has 0 spiro atoms. The lowest BCUT2D eigenvalue weighted by atomic mass is 9.96. The van der Waals surface area contributed by atoms with E-state index in [0.717, 1.165) is 51.2 Å². The van der Waals surface area contributed by atoms with E-state index in [0.29, 0.717) is 5.92 Å². The molecule has 0 aliphatic carbocycles. The van der Waals surface area contributed by atoms with Crippen LogP contribution in [0, 0.1) is 11.7 Å². The Labute approximate surface area is 150 Å². The highest BCUT2D eigenvalue weighted by Crippen LogP contribution is 2.18. The molecule has 1 heterocycles. The second-order valence-corrected chi connectivity index (χ2v) is 6.88. The van der Waals surface area contributed by atoms with Crippen LogP contribution >= 0.6 is 0 Å². The third-order valence-electron chi connectivity index (χ3n) is 4.91. The average Bonchev–Trinajstić information content (AvgIpc) is 2.61. The third kappa shape index (κ3) is 6.29. The van der Waals surface area contributed by atoms with Gasteiger partial charge in [-0.1, -0.05) is 12.1 Å². The van der Waals surface area contributed by atoms with E-state index in [4.69, 9.17) is 4.74 Å². The predicted octanol–water partition coefficient (Wildman–Crippen LogP) is 2.89. The summed E-state index contributed by atoms with van der Waals surface area (Å²) < 4.78 is 18.1. The minimum Gasteiger partial charge on any atom is -0.383 e. The molecule has 1 saturated heterocycles. The summed E-state index contributed by atoms with van der Waals surface area (Å²) in [7, 11) is 3.57. The van der Waals surface area contributed by atoms with Gasteiger partial charge in [-0.15, -0.1) is 0 Å². The molecule has 1 atom stereocenters. The van der Waals surface area contributed by atoms with Crippen LogP contribution in [0.3, 0.4) is 0 Å². The van der Waals surface area contributed by atoms with E-state index < -0.39 is 0 Å². The molecule has 1 aliphatic rings. The molecule has 1 aliphatic heterocycles. The molecule has 1 aromatic carbocycles. The molecular formula is C19H30FN3O2. The largest absolute Gasteiger partial charge is 0.383 e. The van der Waals surface area contributed by atoms with Gasteiger partial charge in [-0.3, -0.25) is 0 Å². The fraction of sp³-hybridized carbons (Fsp3) is 0.632. The van der Waals surface area contributed by atoms with E-state index in [1.807, 2.05) is 14.0 Å². The molecule has 1 fully saturated rings. The first-order valence-corrected chi connectivity index (χ1v) is 8.98. The van der Waals surface area contributed by atoms with Crippen molar-refractivity contribution in [2.75, 3.05) is 46.9 Å². The number of methoxy groups -OCH3 is 1. The molecule has 1 N–H and O–H groups in total. The first kappa shape index (κ1) is 19.7. The van der Waals surface area contributed by atoms with Gasteiger partial charge >= 0.3 is 6.03 Å². The number of nitrogens with one attached hydrogen (secondary N) is 1. The van der Waals surface area contributed by atoms with Crippen LogP contribution in [-0.2, 0) is 4.74 Å². The topological polar surface area (TPSA) is 44.8 Å². The van der Waals surface area contributed by atoms with Gasteiger partial charge in [0, 0.05) is 27.2 Å². The zero-order chi connectivity index (χ0) is 18.2. The summed E-state index contributed by atoms with van der Waals surface area (Å²) in [6.07, 6.45) is 2.21. The summed E-state index contributed by atoms with van der Waals surface area (Å²) in [6.45, 7) is 6.56. The van der Waals surface area contributed by atoms with Crippen LogP contribution in [0.1, 0.15) is 31.4 Å². The van der Waals surface area contributed by atoms with Gasteiger partial charge < -0.3 is 19.9 Å². The Morgan fingerprint density at radius 2 is 2.00 bits per heavy atom. The normalized spacial score (nSPS) is 17.3. The summed E-state index contributed by atoms with van der Waals surface area (Å²) in [4.78, 5) is 16.6. The van der Waals surface area contributed by atoms with Crippen molar-refractivity contribution in [1.29, 1.82) is 0 Å². The number of carbonyl (C=O) groups is 1. The maximum atomic E-state index is 13.0. The number of likely N-dealkylation sites (tertiary alicyclic amines) is 1. The monoisotopic (exact) mass is 351 g/mol. The van der Waals surface area contributed by atoms with E-state index in [9.17, 15) is 9.18 Å². The highest BCUT2D eigenvalue weighted by molar-refractivity contribution is 5.74. The van der Waals surface area contributed by atoms with Crippen molar-refractivity contribution in [2.24, 2.45) is 5.92 Å². The van der Waals surface area contributed by atoms with Crippen molar-refractivity contribution in [1.82, 2.24) is 15.1 Å². The number of halogens is 1.